The van der Waals surface area contributed by atoms with E-state index in [-0.39, 0.29) is 0 Å². The van der Waals surface area contributed by atoms with Crippen LogP contribution < -0.4 is 0 Å². The SMILES string of the molecule is COCc1cc2ccccc2c(-c2cccc3ccccc23)c1O. The fourth-order valence-corrected chi connectivity index (χ4v) is 3.38. The minimum Gasteiger partial charge on any atom is -0.507 e. The van der Waals surface area contributed by atoms with Gasteiger partial charge < -0.3 is 9.84 Å². The lowest BCUT2D eigenvalue weighted by Crippen LogP contribution is -1.93. The van der Waals surface area contributed by atoms with Crippen LogP contribution in [-0.2, 0) is 11.3 Å². The summed E-state index contributed by atoms with van der Waals surface area (Å²) in [6.07, 6.45) is 0. The minimum atomic E-state index is 0.298. The zero-order valence-electron chi connectivity index (χ0n) is 13.5. The van der Waals surface area contributed by atoms with E-state index in [1.54, 1.807) is 7.11 Å². The lowest BCUT2D eigenvalue weighted by Gasteiger charge is -2.15. The molecule has 0 fully saturated rings. The predicted molar refractivity (Wildman–Crippen MR) is 99.3 cm³/mol. The van der Waals surface area contributed by atoms with E-state index in [4.69, 9.17) is 4.74 Å². The molecule has 1 N–H and O–H groups in total. The fraction of sp³-hybridized carbons (Fsp3) is 0.0909. The van der Waals surface area contributed by atoms with Crippen LogP contribution in [0.15, 0.2) is 72.8 Å². The molecular formula is C22H18O2. The van der Waals surface area contributed by atoms with Crippen LogP contribution in [0, 0.1) is 0 Å². The molecular weight excluding hydrogens is 296 g/mol. The van der Waals surface area contributed by atoms with Gasteiger partial charge in [-0.15, -0.1) is 0 Å². The second kappa shape index (κ2) is 5.99. The Hall–Kier alpha value is -2.84. The molecule has 0 spiro atoms. The highest BCUT2D eigenvalue weighted by Crippen LogP contribution is 2.42. The number of fused-ring (bicyclic) bond motifs is 2. The maximum Gasteiger partial charge on any atom is 0.129 e. The van der Waals surface area contributed by atoms with Gasteiger partial charge in [-0.2, -0.15) is 0 Å². The zero-order chi connectivity index (χ0) is 16.5. The third-order valence-corrected chi connectivity index (χ3v) is 4.46. The summed E-state index contributed by atoms with van der Waals surface area (Å²) in [5.41, 5.74) is 2.72. The standard InChI is InChI=1S/C22H18O2/c1-24-14-17-13-16-8-3-5-11-19(16)21(22(17)23)20-12-6-9-15-7-2-4-10-18(15)20/h2-13,23H,14H2,1H3. The van der Waals surface area contributed by atoms with Crippen LogP contribution in [0.2, 0.25) is 0 Å². The number of aromatic hydroxyl groups is 1. The number of hydrogen-bond acceptors (Lipinski definition) is 2. The predicted octanol–water partition coefficient (Wildman–Crippen LogP) is 5.51. The van der Waals surface area contributed by atoms with E-state index in [9.17, 15) is 5.11 Å². The summed E-state index contributed by atoms with van der Waals surface area (Å²) in [5, 5.41) is 15.4. The quantitative estimate of drug-likeness (QED) is 0.540. The summed E-state index contributed by atoms with van der Waals surface area (Å²) >= 11 is 0. The van der Waals surface area contributed by atoms with Gasteiger partial charge in [0.25, 0.3) is 0 Å². The van der Waals surface area contributed by atoms with Crippen LogP contribution in [0.3, 0.4) is 0 Å². The summed E-state index contributed by atoms with van der Waals surface area (Å²) in [4.78, 5) is 0. The van der Waals surface area contributed by atoms with Crippen molar-refractivity contribution >= 4 is 21.5 Å². The Morgan fingerprint density at radius 3 is 2.25 bits per heavy atom. The first kappa shape index (κ1) is 14.7. The molecule has 0 aromatic heterocycles. The van der Waals surface area contributed by atoms with Crippen molar-refractivity contribution in [1.82, 2.24) is 0 Å². The Bertz CT molecular complexity index is 1030. The Morgan fingerprint density at radius 1 is 0.792 bits per heavy atom. The first-order valence-electron chi connectivity index (χ1n) is 8.00. The molecule has 0 aliphatic heterocycles. The van der Waals surface area contributed by atoms with Crippen molar-refractivity contribution in [2.24, 2.45) is 0 Å². The summed E-state index contributed by atoms with van der Waals surface area (Å²) in [5.74, 6) is 0.298. The Morgan fingerprint density at radius 2 is 1.46 bits per heavy atom. The van der Waals surface area contributed by atoms with Gasteiger partial charge >= 0.3 is 0 Å². The van der Waals surface area contributed by atoms with E-state index >= 15 is 0 Å². The Balaban J connectivity index is 2.13. The highest BCUT2D eigenvalue weighted by molar-refractivity contribution is 6.08. The van der Waals surface area contributed by atoms with Gasteiger partial charge in [0.15, 0.2) is 0 Å². The van der Waals surface area contributed by atoms with Crippen molar-refractivity contribution in [3.8, 4) is 16.9 Å². The summed E-state index contributed by atoms with van der Waals surface area (Å²) < 4.78 is 5.28. The maximum absolute atomic E-state index is 11.0. The number of ether oxygens (including phenoxy) is 1. The van der Waals surface area contributed by atoms with Gasteiger partial charge in [0.2, 0.25) is 0 Å². The highest BCUT2D eigenvalue weighted by Gasteiger charge is 2.16. The number of rotatable bonds is 3. The molecule has 4 aromatic rings. The van der Waals surface area contributed by atoms with Gasteiger partial charge in [-0.05, 0) is 33.2 Å². The summed E-state index contributed by atoms with van der Waals surface area (Å²) in [7, 11) is 1.65. The molecule has 4 rings (SSSR count). The molecule has 0 unspecified atom stereocenters. The van der Waals surface area contributed by atoms with Crippen molar-refractivity contribution in [2.45, 2.75) is 6.61 Å². The largest absolute Gasteiger partial charge is 0.507 e. The molecule has 24 heavy (non-hydrogen) atoms. The number of hydrogen-bond donors (Lipinski definition) is 1. The minimum absolute atomic E-state index is 0.298. The summed E-state index contributed by atoms with van der Waals surface area (Å²) in [6, 6.07) is 24.6. The van der Waals surface area contributed by atoms with Gasteiger partial charge in [-0.3, -0.25) is 0 Å². The second-order valence-electron chi connectivity index (χ2n) is 5.94. The van der Waals surface area contributed by atoms with E-state index in [1.807, 2.05) is 36.4 Å². The zero-order valence-corrected chi connectivity index (χ0v) is 13.5. The summed E-state index contributed by atoms with van der Waals surface area (Å²) in [6.45, 7) is 0.383. The average molecular weight is 314 g/mol. The van der Waals surface area contributed by atoms with Crippen molar-refractivity contribution < 1.29 is 9.84 Å². The van der Waals surface area contributed by atoms with E-state index in [2.05, 4.69) is 36.4 Å². The molecule has 0 radical (unpaired) electrons. The molecule has 0 heterocycles. The molecule has 118 valence electrons. The van der Waals surface area contributed by atoms with Crippen LogP contribution in [0.4, 0.5) is 0 Å². The second-order valence-corrected chi connectivity index (χ2v) is 5.94. The number of methoxy groups -OCH3 is 1. The lowest BCUT2D eigenvalue weighted by molar-refractivity contribution is 0.182. The highest BCUT2D eigenvalue weighted by atomic mass is 16.5. The molecule has 4 aromatic carbocycles. The lowest BCUT2D eigenvalue weighted by atomic mass is 9.91. The van der Waals surface area contributed by atoms with E-state index < -0.39 is 0 Å². The maximum atomic E-state index is 11.0. The Kier molecular flexibility index (Phi) is 3.68. The molecule has 2 heteroatoms. The number of phenolic OH excluding ortho intramolecular Hbond substituents is 1. The van der Waals surface area contributed by atoms with Crippen molar-refractivity contribution in [2.75, 3.05) is 7.11 Å². The van der Waals surface area contributed by atoms with Crippen molar-refractivity contribution in [3.63, 3.8) is 0 Å². The van der Waals surface area contributed by atoms with Gasteiger partial charge in [0, 0.05) is 18.2 Å². The molecule has 0 aliphatic carbocycles. The molecule has 0 amide bonds. The monoisotopic (exact) mass is 314 g/mol. The number of benzene rings is 4. The van der Waals surface area contributed by atoms with Crippen LogP contribution in [0.5, 0.6) is 5.75 Å². The van der Waals surface area contributed by atoms with Gasteiger partial charge in [0.05, 0.1) is 6.61 Å². The molecule has 0 saturated heterocycles. The molecule has 0 bridgehead atoms. The normalized spacial score (nSPS) is 11.2. The topological polar surface area (TPSA) is 29.5 Å². The Labute approximate surface area is 140 Å². The molecule has 0 saturated carbocycles. The van der Waals surface area contributed by atoms with Crippen molar-refractivity contribution in [3.05, 3.63) is 78.4 Å². The van der Waals surface area contributed by atoms with Crippen molar-refractivity contribution in [1.29, 1.82) is 0 Å². The van der Waals surface area contributed by atoms with Crippen LogP contribution in [-0.4, -0.2) is 12.2 Å². The first-order chi connectivity index (χ1) is 11.8. The van der Waals surface area contributed by atoms with E-state index in [1.165, 1.54) is 0 Å². The number of phenols is 1. The van der Waals surface area contributed by atoms with E-state index in [0.717, 1.165) is 38.2 Å². The molecule has 2 nitrogen and oxygen atoms in total. The third kappa shape index (κ3) is 2.32. The van der Waals surface area contributed by atoms with Crippen LogP contribution >= 0.6 is 0 Å². The van der Waals surface area contributed by atoms with Crippen LogP contribution in [0.25, 0.3) is 32.7 Å². The van der Waals surface area contributed by atoms with Gasteiger partial charge in [-0.25, -0.2) is 0 Å². The fourth-order valence-electron chi connectivity index (χ4n) is 3.38. The van der Waals surface area contributed by atoms with Gasteiger partial charge in [-0.1, -0.05) is 66.7 Å². The first-order valence-corrected chi connectivity index (χ1v) is 8.00. The van der Waals surface area contributed by atoms with Crippen LogP contribution in [0.1, 0.15) is 5.56 Å². The smallest absolute Gasteiger partial charge is 0.129 e. The van der Waals surface area contributed by atoms with Gasteiger partial charge in [0.1, 0.15) is 5.75 Å². The molecule has 0 aliphatic rings. The molecule has 0 atom stereocenters. The van der Waals surface area contributed by atoms with E-state index in [0.29, 0.717) is 12.4 Å². The average Bonchev–Trinajstić information content (AvgIpc) is 2.62. The third-order valence-electron chi connectivity index (χ3n) is 4.46.